The molecular weight excluding hydrogens is 294 g/mol. The number of benzene rings is 3. The van der Waals surface area contributed by atoms with Crippen molar-refractivity contribution in [3.8, 4) is 28.1 Å². The van der Waals surface area contributed by atoms with Gasteiger partial charge in [0.25, 0.3) is 0 Å². The molecule has 0 aliphatic heterocycles. The summed E-state index contributed by atoms with van der Waals surface area (Å²) in [6.45, 7) is 0. The number of pyridine rings is 1. The maximum absolute atomic E-state index is 5.24. The largest absolute Gasteiger partial charge is 0.497 e. The summed E-state index contributed by atoms with van der Waals surface area (Å²) in [5.41, 5.74) is 5.22. The summed E-state index contributed by atoms with van der Waals surface area (Å²) in [5.74, 6) is 0.844. The SMILES string of the molecule is COc1ccc(-c2cc(-c3[c]cccc3)c3ccccc3n2)cc1. The second kappa shape index (κ2) is 6.17. The molecule has 115 valence electrons. The Morgan fingerprint density at radius 1 is 0.875 bits per heavy atom. The van der Waals surface area contributed by atoms with Crippen molar-refractivity contribution in [3.63, 3.8) is 0 Å². The monoisotopic (exact) mass is 310 g/mol. The number of aromatic nitrogens is 1. The highest BCUT2D eigenvalue weighted by Crippen LogP contribution is 2.32. The molecule has 0 fully saturated rings. The molecular formula is C22H16NO. The summed E-state index contributed by atoms with van der Waals surface area (Å²) >= 11 is 0. The minimum Gasteiger partial charge on any atom is -0.497 e. The highest BCUT2D eigenvalue weighted by atomic mass is 16.5. The molecule has 3 aromatic carbocycles. The number of rotatable bonds is 3. The third-order valence-electron chi connectivity index (χ3n) is 4.10. The topological polar surface area (TPSA) is 22.1 Å². The van der Waals surface area contributed by atoms with Crippen molar-refractivity contribution >= 4 is 10.9 Å². The number of nitrogens with zero attached hydrogens (tertiary/aromatic N) is 1. The Balaban J connectivity index is 1.94. The van der Waals surface area contributed by atoms with Gasteiger partial charge in [-0.15, -0.1) is 0 Å². The van der Waals surface area contributed by atoms with Crippen molar-refractivity contribution in [1.82, 2.24) is 4.98 Å². The van der Waals surface area contributed by atoms with Crippen molar-refractivity contribution in [1.29, 1.82) is 0 Å². The van der Waals surface area contributed by atoms with Gasteiger partial charge in [0.1, 0.15) is 5.75 Å². The van der Waals surface area contributed by atoms with Gasteiger partial charge in [-0.3, -0.25) is 0 Å². The summed E-state index contributed by atoms with van der Waals surface area (Å²) in [4.78, 5) is 4.83. The van der Waals surface area contributed by atoms with Crippen molar-refractivity contribution in [2.24, 2.45) is 0 Å². The quantitative estimate of drug-likeness (QED) is 0.507. The summed E-state index contributed by atoms with van der Waals surface area (Å²) in [7, 11) is 1.67. The molecule has 0 atom stereocenters. The van der Waals surface area contributed by atoms with E-state index in [0.29, 0.717) is 0 Å². The van der Waals surface area contributed by atoms with E-state index in [0.717, 1.165) is 39.0 Å². The van der Waals surface area contributed by atoms with Crippen molar-refractivity contribution < 1.29 is 4.74 Å². The molecule has 1 heterocycles. The van der Waals surface area contributed by atoms with Crippen LogP contribution in [0.15, 0.2) is 78.9 Å². The average Bonchev–Trinajstić information content (AvgIpc) is 2.68. The molecule has 0 bridgehead atoms. The van der Waals surface area contributed by atoms with Gasteiger partial charge in [-0.1, -0.05) is 42.5 Å². The van der Waals surface area contributed by atoms with Crippen LogP contribution in [-0.2, 0) is 0 Å². The Labute approximate surface area is 141 Å². The number of ether oxygens (including phenoxy) is 1. The van der Waals surface area contributed by atoms with Gasteiger partial charge in [-0.25, -0.2) is 4.98 Å². The highest BCUT2D eigenvalue weighted by Gasteiger charge is 2.09. The first-order valence-corrected chi connectivity index (χ1v) is 7.86. The van der Waals surface area contributed by atoms with Crippen LogP contribution in [0.3, 0.4) is 0 Å². The summed E-state index contributed by atoms with van der Waals surface area (Å²) in [6, 6.07) is 29.7. The molecule has 4 aromatic rings. The first-order chi connectivity index (χ1) is 11.8. The van der Waals surface area contributed by atoms with Crippen LogP contribution in [0.4, 0.5) is 0 Å². The maximum Gasteiger partial charge on any atom is 0.118 e. The number of hydrogen-bond acceptors (Lipinski definition) is 2. The number of fused-ring (bicyclic) bond motifs is 1. The van der Waals surface area contributed by atoms with E-state index in [1.807, 2.05) is 54.6 Å². The first-order valence-electron chi connectivity index (χ1n) is 7.86. The minimum atomic E-state index is 0.844. The van der Waals surface area contributed by atoms with Crippen molar-refractivity contribution in [2.75, 3.05) is 7.11 Å². The second-order valence-corrected chi connectivity index (χ2v) is 5.58. The standard InChI is InChI=1S/C22H16NO/c1-24-18-13-11-17(12-14-18)22-15-20(16-7-3-2-4-8-16)19-9-5-6-10-21(19)23-22/h2-7,9-15H,1H3. The number of hydrogen-bond donors (Lipinski definition) is 0. The fourth-order valence-corrected chi connectivity index (χ4v) is 2.87. The van der Waals surface area contributed by atoms with E-state index in [1.165, 1.54) is 0 Å². The lowest BCUT2D eigenvalue weighted by atomic mass is 9.98. The van der Waals surface area contributed by atoms with Gasteiger partial charge in [-0.05, 0) is 53.6 Å². The molecule has 2 heteroatoms. The van der Waals surface area contributed by atoms with Gasteiger partial charge in [0.15, 0.2) is 0 Å². The zero-order valence-electron chi connectivity index (χ0n) is 13.4. The lowest BCUT2D eigenvalue weighted by Gasteiger charge is -2.10. The van der Waals surface area contributed by atoms with Crippen LogP contribution in [0, 0.1) is 6.07 Å². The fourth-order valence-electron chi connectivity index (χ4n) is 2.87. The van der Waals surface area contributed by atoms with Gasteiger partial charge >= 0.3 is 0 Å². The van der Waals surface area contributed by atoms with Crippen LogP contribution in [0.5, 0.6) is 5.75 Å². The predicted molar refractivity (Wildman–Crippen MR) is 98.0 cm³/mol. The van der Waals surface area contributed by atoms with Crippen LogP contribution in [0.1, 0.15) is 0 Å². The normalized spacial score (nSPS) is 10.7. The Morgan fingerprint density at radius 3 is 2.42 bits per heavy atom. The molecule has 24 heavy (non-hydrogen) atoms. The van der Waals surface area contributed by atoms with E-state index in [4.69, 9.17) is 9.72 Å². The van der Waals surface area contributed by atoms with Crippen LogP contribution in [0.2, 0.25) is 0 Å². The van der Waals surface area contributed by atoms with E-state index in [9.17, 15) is 0 Å². The molecule has 0 spiro atoms. The first kappa shape index (κ1) is 14.5. The predicted octanol–water partition coefficient (Wildman–Crippen LogP) is 5.38. The molecule has 1 aromatic heterocycles. The second-order valence-electron chi connectivity index (χ2n) is 5.58. The molecule has 4 rings (SSSR count). The summed E-state index contributed by atoms with van der Waals surface area (Å²) in [6.07, 6.45) is 0. The lowest BCUT2D eigenvalue weighted by molar-refractivity contribution is 0.415. The Morgan fingerprint density at radius 2 is 1.67 bits per heavy atom. The van der Waals surface area contributed by atoms with Gasteiger partial charge in [0.2, 0.25) is 0 Å². The van der Waals surface area contributed by atoms with Gasteiger partial charge in [0.05, 0.1) is 18.3 Å². The minimum absolute atomic E-state index is 0.844. The average molecular weight is 310 g/mol. The Kier molecular flexibility index (Phi) is 3.72. The summed E-state index contributed by atoms with van der Waals surface area (Å²) < 4.78 is 5.24. The highest BCUT2D eigenvalue weighted by molar-refractivity contribution is 5.96. The van der Waals surface area contributed by atoms with Crippen LogP contribution < -0.4 is 4.74 Å². The molecule has 0 saturated carbocycles. The maximum atomic E-state index is 5.24. The fraction of sp³-hybridized carbons (Fsp3) is 0.0455. The van der Waals surface area contributed by atoms with Gasteiger partial charge in [-0.2, -0.15) is 0 Å². The summed E-state index contributed by atoms with van der Waals surface area (Å²) in [5, 5.41) is 1.14. The molecule has 0 saturated heterocycles. The smallest absolute Gasteiger partial charge is 0.118 e. The van der Waals surface area contributed by atoms with E-state index >= 15 is 0 Å². The van der Waals surface area contributed by atoms with E-state index in [-0.39, 0.29) is 0 Å². The molecule has 0 aliphatic carbocycles. The number of methoxy groups -OCH3 is 1. The Hall–Kier alpha value is -3.13. The number of para-hydroxylation sites is 1. The lowest BCUT2D eigenvalue weighted by Crippen LogP contribution is -1.90. The van der Waals surface area contributed by atoms with E-state index in [1.54, 1.807) is 7.11 Å². The molecule has 0 N–H and O–H groups in total. The van der Waals surface area contributed by atoms with Gasteiger partial charge < -0.3 is 4.74 Å². The molecule has 2 nitrogen and oxygen atoms in total. The van der Waals surface area contributed by atoms with Crippen LogP contribution in [-0.4, -0.2) is 12.1 Å². The van der Waals surface area contributed by atoms with Crippen molar-refractivity contribution in [2.45, 2.75) is 0 Å². The zero-order valence-corrected chi connectivity index (χ0v) is 13.4. The molecule has 1 radical (unpaired) electrons. The Bertz CT molecular complexity index is 976. The third-order valence-corrected chi connectivity index (χ3v) is 4.10. The zero-order chi connectivity index (χ0) is 16.4. The van der Waals surface area contributed by atoms with Crippen molar-refractivity contribution in [3.05, 3.63) is 84.9 Å². The van der Waals surface area contributed by atoms with E-state index < -0.39 is 0 Å². The molecule has 0 unspecified atom stereocenters. The van der Waals surface area contributed by atoms with Gasteiger partial charge in [0, 0.05) is 10.9 Å². The van der Waals surface area contributed by atoms with Crippen LogP contribution in [0.25, 0.3) is 33.3 Å². The third kappa shape index (κ3) is 2.63. The van der Waals surface area contributed by atoms with Crippen LogP contribution >= 0.6 is 0 Å². The molecule has 0 amide bonds. The van der Waals surface area contributed by atoms with E-state index in [2.05, 4.69) is 30.3 Å². The molecule has 0 aliphatic rings.